The number of hydrogen-bond donors (Lipinski definition) is 0. The predicted molar refractivity (Wildman–Crippen MR) is 32.5 cm³/mol. The van der Waals surface area contributed by atoms with Gasteiger partial charge in [-0.1, -0.05) is 0 Å². The summed E-state index contributed by atoms with van der Waals surface area (Å²) in [5, 5.41) is 0. The van der Waals surface area contributed by atoms with Crippen molar-refractivity contribution in [1.29, 1.82) is 0 Å². The highest BCUT2D eigenvalue weighted by Crippen LogP contribution is 1.95. The van der Waals surface area contributed by atoms with E-state index in [1.54, 1.807) is 0 Å². The third-order valence-corrected chi connectivity index (χ3v) is 0.970. The van der Waals surface area contributed by atoms with Gasteiger partial charge in [0.1, 0.15) is 0 Å². The first-order valence-corrected chi connectivity index (χ1v) is 2.60. The van der Waals surface area contributed by atoms with Gasteiger partial charge in [-0.05, 0) is 31.5 Å². The highest BCUT2D eigenvalue weighted by molar-refractivity contribution is 5.11. The van der Waals surface area contributed by atoms with E-state index in [2.05, 4.69) is 11.2 Å². The number of nitrogens with zero attached hydrogens (tertiary/aromatic N) is 1. The normalized spacial score (nSPS) is 9.25. The molecule has 0 unspecified atom stereocenters. The number of pyridine rings is 1. The van der Waals surface area contributed by atoms with E-state index in [0.29, 0.717) is 0 Å². The van der Waals surface area contributed by atoms with Crippen molar-refractivity contribution in [2.75, 3.05) is 0 Å². The fraction of sp³-hybridized carbons (Fsp3) is 0.286. The highest BCUT2D eigenvalue weighted by Gasteiger charge is 1.82. The predicted octanol–water partition coefficient (Wildman–Crippen LogP) is 1.50. The number of rotatable bonds is 0. The molecule has 0 saturated heterocycles. The van der Waals surface area contributed by atoms with Gasteiger partial charge in [0.2, 0.25) is 0 Å². The van der Waals surface area contributed by atoms with Crippen LogP contribution in [-0.4, -0.2) is 4.98 Å². The number of aryl methyl sites for hydroxylation is 2. The fourth-order valence-corrected chi connectivity index (χ4v) is 0.639. The average molecular weight is 106 g/mol. The van der Waals surface area contributed by atoms with Crippen LogP contribution in [0.5, 0.6) is 0 Å². The quantitative estimate of drug-likeness (QED) is 0.488. The van der Waals surface area contributed by atoms with E-state index in [9.17, 15) is 0 Å². The summed E-state index contributed by atoms with van der Waals surface area (Å²) < 4.78 is 0. The van der Waals surface area contributed by atoms with Gasteiger partial charge in [0.05, 0.1) is 6.20 Å². The topological polar surface area (TPSA) is 12.9 Å². The lowest BCUT2D eigenvalue weighted by Gasteiger charge is -1.89. The first-order chi connectivity index (χ1) is 3.79. The van der Waals surface area contributed by atoms with Gasteiger partial charge < -0.3 is 0 Å². The Morgan fingerprint density at radius 1 is 1.50 bits per heavy atom. The lowest BCUT2D eigenvalue weighted by molar-refractivity contribution is 1.17. The summed E-state index contributed by atoms with van der Waals surface area (Å²) in [6.45, 7) is 3.99. The average Bonchev–Trinajstić information content (AvgIpc) is 1.64. The molecule has 0 fully saturated rings. The lowest BCUT2D eigenvalue weighted by atomic mass is 10.3. The minimum Gasteiger partial charge on any atom is -0.251 e. The maximum absolute atomic E-state index is 3.92. The molecule has 0 atom stereocenters. The van der Waals surface area contributed by atoms with Crippen molar-refractivity contribution in [1.82, 2.24) is 4.98 Å². The van der Waals surface area contributed by atoms with Gasteiger partial charge in [-0.2, -0.15) is 0 Å². The molecule has 0 saturated carbocycles. The molecule has 1 rings (SSSR count). The molecule has 0 amide bonds. The van der Waals surface area contributed by atoms with Crippen molar-refractivity contribution >= 4 is 0 Å². The number of hydrogen-bond acceptors (Lipinski definition) is 1. The van der Waals surface area contributed by atoms with Crippen LogP contribution >= 0.6 is 0 Å². The van der Waals surface area contributed by atoms with Crippen molar-refractivity contribution in [3.8, 4) is 0 Å². The molecule has 1 radical (unpaired) electrons. The van der Waals surface area contributed by atoms with Crippen LogP contribution in [0.1, 0.15) is 11.3 Å². The molecule has 41 valence electrons. The Labute approximate surface area is 49.4 Å². The Kier molecular flexibility index (Phi) is 1.29. The molecule has 0 aromatic carbocycles. The lowest BCUT2D eigenvalue weighted by Crippen LogP contribution is -1.79. The maximum atomic E-state index is 3.92. The first-order valence-electron chi connectivity index (χ1n) is 2.60. The first kappa shape index (κ1) is 5.29. The van der Waals surface area contributed by atoms with Gasteiger partial charge >= 0.3 is 0 Å². The minimum atomic E-state index is 1.03. The fourth-order valence-electron chi connectivity index (χ4n) is 0.639. The molecule has 1 aromatic heterocycles. The molecule has 1 heterocycles. The third-order valence-electron chi connectivity index (χ3n) is 0.970. The second kappa shape index (κ2) is 1.95. The van der Waals surface area contributed by atoms with E-state index in [1.165, 1.54) is 5.56 Å². The SMILES string of the molecule is Cc1c[c]nc(C)c1. The van der Waals surface area contributed by atoms with Crippen LogP contribution in [0.15, 0.2) is 12.1 Å². The van der Waals surface area contributed by atoms with Crippen LogP contribution < -0.4 is 0 Å². The Balaban J connectivity index is 3.08. The Hall–Kier alpha value is -0.850. The van der Waals surface area contributed by atoms with E-state index >= 15 is 0 Å². The zero-order valence-corrected chi connectivity index (χ0v) is 5.10. The van der Waals surface area contributed by atoms with Gasteiger partial charge in [0.25, 0.3) is 0 Å². The van der Waals surface area contributed by atoms with Crippen LogP contribution in [0.25, 0.3) is 0 Å². The summed E-state index contributed by atoms with van der Waals surface area (Å²) in [6.07, 6.45) is 2.78. The van der Waals surface area contributed by atoms with Crippen LogP contribution in [0, 0.1) is 20.0 Å². The van der Waals surface area contributed by atoms with E-state index in [1.807, 2.05) is 26.0 Å². The van der Waals surface area contributed by atoms with Crippen molar-refractivity contribution in [2.45, 2.75) is 13.8 Å². The van der Waals surface area contributed by atoms with Crippen molar-refractivity contribution in [3.05, 3.63) is 29.6 Å². The molecule has 1 aromatic rings. The summed E-state index contributed by atoms with van der Waals surface area (Å²) in [5.41, 5.74) is 2.25. The molecule has 1 nitrogen and oxygen atoms in total. The molecule has 0 aliphatic carbocycles. The molecule has 0 aliphatic heterocycles. The molecule has 0 N–H and O–H groups in total. The molecule has 0 bridgehead atoms. The van der Waals surface area contributed by atoms with Crippen LogP contribution in [0.4, 0.5) is 0 Å². The zero-order chi connectivity index (χ0) is 5.98. The van der Waals surface area contributed by atoms with E-state index in [-0.39, 0.29) is 0 Å². The second-order valence-corrected chi connectivity index (χ2v) is 1.91. The van der Waals surface area contributed by atoms with Gasteiger partial charge in [-0.3, -0.25) is 4.98 Å². The van der Waals surface area contributed by atoms with Gasteiger partial charge in [-0.25, -0.2) is 0 Å². The monoisotopic (exact) mass is 106 g/mol. The Morgan fingerprint density at radius 3 is 2.62 bits per heavy atom. The standard InChI is InChI=1S/C7H8N/c1-6-3-4-8-7(2)5-6/h3,5H,1-2H3. The molecular weight excluding hydrogens is 98.1 g/mol. The molecule has 1 heteroatoms. The summed E-state index contributed by atoms with van der Waals surface area (Å²) in [4.78, 5) is 3.92. The van der Waals surface area contributed by atoms with Crippen molar-refractivity contribution in [2.24, 2.45) is 0 Å². The molecular formula is C7H8N. The smallest absolute Gasteiger partial charge is 0.0892 e. The number of aromatic nitrogens is 1. The molecule has 0 aliphatic rings. The van der Waals surface area contributed by atoms with E-state index in [0.717, 1.165) is 5.69 Å². The van der Waals surface area contributed by atoms with Crippen LogP contribution in [-0.2, 0) is 0 Å². The van der Waals surface area contributed by atoms with Gasteiger partial charge in [0, 0.05) is 5.69 Å². The third kappa shape index (κ3) is 1.06. The van der Waals surface area contributed by atoms with Gasteiger partial charge in [0.15, 0.2) is 0 Å². The van der Waals surface area contributed by atoms with Crippen molar-refractivity contribution in [3.63, 3.8) is 0 Å². The maximum Gasteiger partial charge on any atom is 0.0892 e. The second-order valence-electron chi connectivity index (χ2n) is 1.91. The van der Waals surface area contributed by atoms with Gasteiger partial charge in [-0.15, -0.1) is 0 Å². The zero-order valence-electron chi connectivity index (χ0n) is 5.10. The Morgan fingerprint density at radius 2 is 2.25 bits per heavy atom. The molecule has 0 spiro atoms. The summed E-state index contributed by atoms with van der Waals surface area (Å²) in [5.74, 6) is 0. The summed E-state index contributed by atoms with van der Waals surface area (Å²) in [7, 11) is 0. The van der Waals surface area contributed by atoms with E-state index in [4.69, 9.17) is 0 Å². The minimum absolute atomic E-state index is 1.03. The summed E-state index contributed by atoms with van der Waals surface area (Å²) in [6, 6.07) is 3.89. The molecule has 8 heavy (non-hydrogen) atoms. The van der Waals surface area contributed by atoms with E-state index < -0.39 is 0 Å². The van der Waals surface area contributed by atoms with Crippen LogP contribution in [0.2, 0.25) is 0 Å². The highest BCUT2D eigenvalue weighted by atomic mass is 14.6. The van der Waals surface area contributed by atoms with Crippen molar-refractivity contribution < 1.29 is 0 Å². The largest absolute Gasteiger partial charge is 0.251 e. The Bertz CT molecular complexity index is 164. The van der Waals surface area contributed by atoms with Crippen LogP contribution in [0.3, 0.4) is 0 Å². The summed E-state index contributed by atoms with van der Waals surface area (Å²) >= 11 is 0.